The number of carbonyl (C=O) groups is 1. The predicted octanol–water partition coefficient (Wildman–Crippen LogP) is 3.52. The maximum absolute atomic E-state index is 12.4. The highest BCUT2D eigenvalue weighted by atomic mass is 16.3. The fourth-order valence-electron chi connectivity index (χ4n) is 2.46. The van der Waals surface area contributed by atoms with Crippen LogP contribution in [0.3, 0.4) is 0 Å². The Bertz CT molecular complexity index is 553. The Morgan fingerprint density at radius 2 is 2.00 bits per heavy atom. The molecule has 3 nitrogen and oxygen atoms in total. The maximum atomic E-state index is 12.4. The Kier molecular flexibility index (Phi) is 3.89. The zero-order valence-corrected chi connectivity index (χ0v) is 12.7. The minimum absolute atomic E-state index is 0.00971. The highest BCUT2D eigenvalue weighted by molar-refractivity contribution is 5.95. The second-order valence-electron chi connectivity index (χ2n) is 6.48. The normalized spacial score (nSPS) is 16.0. The summed E-state index contributed by atoms with van der Waals surface area (Å²) in [4.78, 5) is 14.2. The van der Waals surface area contributed by atoms with E-state index in [9.17, 15) is 9.90 Å². The Hall–Kier alpha value is -1.77. The molecule has 108 valence electrons. The number of phenolic OH excluding ortho intramolecular Hbond substituents is 1. The van der Waals surface area contributed by atoms with Crippen molar-refractivity contribution in [2.24, 2.45) is 5.41 Å². The molecular weight excluding hydrogens is 250 g/mol. The number of carbonyl (C=O) groups excluding carboxylic acids is 1. The van der Waals surface area contributed by atoms with Gasteiger partial charge in [-0.05, 0) is 36.5 Å². The summed E-state index contributed by atoms with van der Waals surface area (Å²) < 4.78 is 0. The second kappa shape index (κ2) is 5.31. The Morgan fingerprint density at radius 3 is 2.50 bits per heavy atom. The summed E-state index contributed by atoms with van der Waals surface area (Å²) in [6, 6.07) is 5.12. The van der Waals surface area contributed by atoms with Crippen molar-refractivity contribution in [3.63, 3.8) is 0 Å². The number of benzene rings is 1. The first kappa shape index (κ1) is 14.6. The average Bonchev–Trinajstić information content (AvgIpc) is 2.40. The number of phenols is 1. The van der Waals surface area contributed by atoms with Gasteiger partial charge in [-0.2, -0.15) is 0 Å². The van der Waals surface area contributed by atoms with Crippen molar-refractivity contribution in [3.05, 3.63) is 41.0 Å². The molecule has 0 fully saturated rings. The highest BCUT2D eigenvalue weighted by Gasteiger charge is 2.24. The maximum Gasteiger partial charge on any atom is 0.254 e. The average molecular weight is 273 g/mol. The van der Waals surface area contributed by atoms with Crippen LogP contribution in [0.15, 0.2) is 29.8 Å². The Balaban J connectivity index is 2.12. The third-order valence-electron chi connectivity index (χ3n) is 3.92. The van der Waals surface area contributed by atoms with Crippen LogP contribution in [0.4, 0.5) is 0 Å². The van der Waals surface area contributed by atoms with Crippen molar-refractivity contribution < 1.29 is 9.90 Å². The molecule has 20 heavy (non-hydrogen) atoms. The van der Waals surface area contributed by atoms with Crippen LogP contribution in [0.1, 0.15) is 43.1 Å². The lowest BCUT2D eigenvalue weighted by atomic mass is 9.83. The third-order valence-corrected chi connectivity index (χ3v) is 3.92. The van der Waals surface area contributed by atoms with Gasteiger partial charge in [-0.3, -0.25) is 4.79 Å². The van der Waals surface area contributed by atoms with E-state index in [1.807, 2.05) is 11.8 Å². The quantitative estimate of drug-likeness (QED) is 0.795. The van der Waals surface area contributed by atoms with Crippen LogP contribution in [0.2, 0.25) is 0 Å². The van der Waals surface area contributed by atoms with E-state index in [0.29, 0.717) is 12.1 Å². The van der Waals surface area contributed by atoms with Crippen molar-refractivity contribution in [1.82, 2.24) is 4.90 Å². The van der Waals surface area contributed by atoms with Crippen molar-refractivity contribution in [2.75, 3.05) is 13.1 Å². The van der Waals surface area contributed by atoms with Gasteiger partial charge in [0, 0.05) is 18.7 Å². The lowest BCUT2D eigenvalue weighted by Crippen LogP contribution is -2.36. The molecule has 1 amide bonds. The van der Waals surface area contributed by atoms with Gasteiger partial charge in [0.2, 0.25) is 0 Å². The summed E-state index contributed by atoms with van der Waals surface area (Å²) in [6.07, 6.45) is 3.09. The topological polar surface area (TPSA) is 40.5 Å². The molecule has 0 atom stereocenters. The van der Waals surface area contributed by atoms with Crippen LogP contribution >= 0.6 is 0 Å². The number of hydrogen-bond acceptors (Lipinski definition) is 2. The molecule has 1 aromatic carbocycles. The zero-order chi connectivity index (χ0) is 14.9. The number of rotatable bonds is 1. The molecule has 0 unspecified atom stereocenters. The smallest absolute Gasteiger partial charge is 0.254 e. The van der Waals surface area contributed by atoms with Crippen LogP contribution in [0.5, 0.6) is 5.75 Å². The Labute approximate surface area is 120 Å². The van der Waals surface area contributed by atoms with Crippen LogP contribution in [0.25, 0.3) is 0 Å². The molecule has 1 aromatic rings. The van der Waals surface area contributed by atoms with Crippen molar-refractivity contribution in [2.45, 2.75) is 34.1 Å². The molecule has 1 heterocycles. The fourth-order valence-corrected chi connectivity index (χ4v) is 2.46. The summed E-state index contributed by atoms with van der Waals surface area (Å²) in [5, 5.41) is 9.71. The minimum atomic E-state index is -0.00971. The van der Waals surface area contributed by atoms with E-state index >= 15 is 0 Å². The van der Waals surface area contributed by atoms with Gasteiger partial charge in [-0.1, -0.05) is 38.5 Å². The van der Waals surface area contributed by atoms with Gasteiger partial charge in [0.1, 0.15) is 5.75 Å². The van der Waals surface area contributed by atoms with Gasteiger partial charge < -0.3 is 10.0 Å². The number of aryl methyl sites for hydroxylation is 1. The monoisotopic (exact) mass is 273 g/mol. The van der Waals surface area contributed by atoms with Gasteiger partial charge >= 0.3 is 0 Å². The lowest BCUT2D eigenvalue weighted by Gasteiger charge is -2.32. The molecular formula is C17H23NO2. The number of aromatic hydroxyl groups is 1. The van der Waals surface area contributed by atoms with E-state index in [0.717, 1.165) is 18.5 Å². The molecule has 0 bridgehead atoms. The fraction of sp³-hybridized carbons (Fsp3) is 0.471. The number of amides is 1. The van der Waals surface area contributed by atoms with Crippen molar-refractivity contribution in [3.8, 4) is 5.75 Å². The summed E-state index contributed by atoms with van der Waals surface area (Å²) in [5.74, 6) is 0.170. The van der Waals surface area contributed by atoms with E-state index in [1.165, 1.54) is 5.57 Å². The summed E-state index contributed by atoms with van der Waals surface area (Å²) in [7, 11) is 0. The summed E-state index contributed by atoms with van der Waals surface area (Å²) in [5.41, 5.74) is 2.93. The Morgan fingerprint density at radius 1 is 1.30 bits per heavy atom. The number of hydrogen-bond donors (Lipinski definition) is 1. The molecule has 0 saturated carbocycles. The molecule has 0 aromatic heterocycles. The van der Waals surface area contributed by atoms with Crippen molar-refractivity contribution >= 4 is 5.91 Å². The third kappa shape index (κ3) is 3.03. The van der Waals surface area contributed by atoms with Gasteiger partial charge in [0.15, 0.2) is 0 Å². The first-order valence-corrected chi connectivity index (χ1v) is 7.07. The van der Waals surface area contributed by atoms with Crippen LogP contribution in [-0.4, -0.2) is 29.0 Å². The molecule has 2 rings (SSSR count). The summed E-state index contributed by atoms with van der Waals surface area (Å²) in [6.45, 7) is 9.83. The van der Waals surface area contributed by atoms with E-state index in [4.69, 9.17) is 0 Å². The molecule has 1 aliphatic rings. The molecule has 0 saturated heterocycles. The molecule has 1 N–H and O–H groups in total. The van der Waals surface area contributed by atoms with Crippen LogP contribution in [-0.2, 0) is 0 Å². The predicted molar refractivity (Wildman–Crippen MR) is 80.9 cm³/mol. The van der Waals surface area contributed by atoms with Gasteiger partial charge in [-0.15, -0.1) is 0 Å². The largest absolute Gasteiger partial charge is 0.508 e. The highest BCUT2D eigenvalue weighted by Crippen LogP contribution is 2.30. The van der Waals surface area contributed by atoms with Gasteiger partial charge in [-0.25, -0.2) is 0 Å². The summed E-state index contributed by atoms with van der Waals surface area (Å²) >= 11 is 0. The molecule has 0 radical (unpaired) electrons. The lowest BCUT2D eigenvalue weighted by molar-refractivity contribution is 0.0764. The van der Waals surface area contributed by atoms with Crippen LogP contribution < -0.4 is 0 Å². The zero-order valence-electron chi connectivity index (χ0n) is 12.7. The molecule has 0 aliphatic carbocycles. The first-order valence-electron chi connectivity index (χ1n) is 7.07. The van der Waals surface area contributed by atoms with E-state index in [2.05, 4.69) is 26.8 Å². The molecule has 3 heteroatoms. The standard InChI is InChI=1S/C17H23NO2/c1-12-5-6-13(11-15(12)19)16(20)18-9-7-14(8-10-18)17(2,3)4/h5-7,11,19H,8-10H2,1-4H3. The number of nitrogens with zero attached hydrogens (tertiary/aromatic N) is 1. The van der Waals surface area contributed by atoms with E-state index < -0.39 is 0 Å². The molecule has 0 spiro atoms. The van der Waals surface area contributed by atoms with Gasteiger partial charge in [0.25, 0.3) is 5.91 Å². The minimum Gasteiger partial charge on any atom is -0.508 e. The van der Waals surface area contributed by atoms with E-state index in [-0.39, 0.29) is 17.1 Å². The van der Waals surface area contributed by atoms with Crippen molar-refractivity contribution in [1.29, 1.82) is 0 Å². The molecule has 1 aliphatic heterocycles. The first-order chi connectivity index (χ1) is 9.29. The SMILES string of the molecule is Cc1ccc(C(=O)N2CC=C(C(C)(C)C)CC2)cc1O. The second-order valence-corrected chi connectivity index (χ2v) is 6.48. The van der Waals surface area contributed by atoms with Gasteiger partial charge in [0.05, 0.1) is 0 Å². The van der Waals surface area contributed by atoms with E-state index in [1.54, 1.807) is 18.2 Å². The van der Waals surface area contributed by atoms with Crippen LogP contribution in [0, 0.1) is 12.3 Å².